The number of hydrogen-bond donors (Lipinski definition) is 2. The van der Waals surface area contributed by atoms with E-state index in [1.807, 2.05) is 12.1 Å². The highest BCUT2D eigenvalue weighted by atomic mass is 16.1. The van der Waals surface area contributed by atoms with Crippen LogP contribution >= 0.6 is 0 Å². The van der Waals surface area contributed by atoms with Crippen LogP contribution in [0.1, 0.15) is 23.6 Å². The SMILES string of the molecule is CC(=O)Nc1ccc(CNC2Cc3ccccc3C2)cc1. The number of rotatable bonds is 4. The van der Waals surface area contributed by atoms with Crippen molar-refractivity contribution in [3.05, 3.63) is 65.2 Å². The molecule has 1 amide bonds. The van der Waals surface area contributed by atoms with Gasteiger partial charge in [0.05, 0.1) is 0 Å². The molecule has 0 bridgehead atoms. The highest BCUT2D eigenvalue weighted by molar-refractivity contribution is 5.88. The normalized spacial score (nSPS) is 14.0. The summed E-state index contributed by atoms with van der Waals surface area (Å²) in [6, 6.07) is 17.2. The third-order valence-corrected chi connectivity index (χ3v) is 3.92. The molecule has 2 aromatic carbocycles. The Morgan fingerprint density at radius 1 is 1.05 bits per heavy atom. The lowest BCUT2D eigenvalue weighted by Gasteiger charge is -2.12. The molecule has 0 saturated carbocycles. The van der Waals surface area contributed by atoms with E-state index in [4.69, 9.17) is 0 Å². The molecule has 3 rings (SSSR count). The van der Waals surface area contributed by atoms with Gasteiger partial charge in [-0.3, -0.25) is 4.79 Å². The zero-order valence-corrected chi connectivity index (χ0v) is 12.2. The van der Waals surface area contributed by atoms with Crippen LogP contribution in [-0.2, 0) is 24.2 Å². The van der Waals surface area contributed by atoms with Crippen molar-refractivity contribution in [1.29, 1.82) is 0 Å². The second-order valence-corrected chi connectivity index (χ2v) is 5.63. The number of benzene rings is 2. The summed E-state index contributed by atoms with van der Waals surface area (Å²) in [5, 5.41) is 6.40. The fourth-order valence-electron chi connectivity index (χ4n) is 2.87. The molecule has 0 atom stereocenters. The van der Waals surface area contributed by atoms with Crippen molar-refractivity contribution in [2.24, 2.45) is 0 Å². The third-order valence-electron chi connectivity index (χ3n) is 3.92. The van der Waals surface area contributed by atoms with Gasteiger partial charge in [-0.1, -0.05) is 36.4 Å². The summed E-state index contributed by atoms with van der Waals surface area (Å²) in [4.78, 5) is 11.0. The highest BCUT2D eigenvalue weighted by Gasteiger charge is 2.19. The van der Waals surface area contributed by atoms with Crippen LogP contribution in [0.4, 0.5) is 5.69 Å². The van der Waals surface area contributed by atoms with Gasteiger partial charge in [0.25, 0.3) is 0 Å². The Balaban J connectivity index is 1.53. The molecule has 1 aliphatic carbocycles. The Morgan fingerprint density at radius 2 is 1.67 bits per heavy atom. The molecule has 0 saturated heterocycles. The number of anilines is 1. The molecule has 0 spiro atoms. The minimum absolute atomic E-state index is 0.0374. The summed E-state index contributed by atoms with van der Waals surface area (Å²) in [6.07, 6.45) is 2.22. The molecule has 2 aromatic rings. The Labute approximate surface area is 125 Å². The first-order valence-corrected chi connectivity index (χ1v) is 7.37. The average Bonchev–Trinajstić information content (AvgIpc) is 2.89. The Bertz CT molecular complexity index is 609. The van der Waals surface area contributed by atoms with Gasteiger partial charge in [-0.2, -0.15) is 0 Å². The number of amides is 1. The van der Waals surface area contributed by atoms with E-state index in [1.54, 1.807) is 0 Å². The molecule has 21 heavy (non-hydrogen) atoms. The summed E-state index contributed by atoms with van der Waals surface area (Å²) in [6.45, 7) is 2.38. The second kappa shape index (κ2) is 6.10. The van der Waals surface area contributed by atoms with Crippen molar-refractivity contribution in [2.45, 2.75) is 32.4 Å². The van der Waals surface area contributed by atoms with Crippen molar-refractivity contribution < 1.29 is 4.79 Å². The van der Waals surface area contributed by atoms with Crippen molar-refractivity contribution in [1.82, 2.24) is 5.32 Å². The monoisotopic (exact) mass is 280 g/mol. The van der Waals surface area contributed by atoms with Gasteiger partial charge in [0.15, 0.2) is 0 Å². The molecule has 1 aliphatic rings. The van der Waals surface area contributed by atoms with E-state index in [0.29, 0.717) is 6.04 Å². The predicted molar refractivity (Wildman–Crippen MR) is 85.2 cm³/mol. The standard InChI is InChI=1S/C18H20N2O/c1-13(21)20-17-8-6-14(7-9-17)12-19-18-10-15-4-2-3-5-16(15)11-18/h2-9,18-19H,10-12H2,1H3,(H,20,21). The molecule has 3 heteroatoms. The maximum absolute atomic E-state index is 11.0. The summed E-state index contributed by atoms with van der Waals surface area (Å²) in [7, 11) is 0. The second-order valence-electron chi connectivity index (χ2n) is 5.63. The van der Waals surface area contributed by atoms with Gasteiger partial charge in [-0.05, 0) is 41.7 Å². The van der Waals surface area contributed by atoms with Gasteiger partial charge in [0.2, 0.25) is 5.91 Å². The first-order chi connectivity index (χ1) is 10.2. The van der Waals surface area contributed by atoms with E-state index in [1.165, 1.54) is 23.6 Å². The molecule has 0 aliphatic heterocycles. The maximum atomic E-state index is 11.0. The van der Waals surface area contributed by atoms with Crippen molar-refractivity contribution in [3.63, 3.8) is 0 Å². The van der Waals surface area contributed by atoms with Crippen molar-refractivity contribution in [3.8, 4) is 0 Å². The number of fused-ring (bicyclic) bond motifs is 1. The minimum atomic E-state index is -0.0374. The van der Waals surface area contributed by atoms with Crippen LogP contribution in [0.25, 0.3) is 0 Å². The average molecular weight is 280 g/mol. The van der Waals surface area contributed by atoms with Crippen LogP contribution in [0, 0.1) is 0 Å². The van der Waals surface area contributed by atoms with Crippen LogP contribution in [-0.4, -0.2) is 11.9 Å². The molecular formula is C18H20N2O. The molecule has 0 unspecified atom stereocenters. The van der Waals surface area contributed by atoms with E-state index >= 15 is 0 Å². The van der Waals surface area contributed by atoms with E-state index < -0.39 is 0 Å². The number of nitrogens with one attached hydrogen (secondary N) is 2. The van der Waals surface area contributed by atoms with Gasteiger partial charge in [-0.25, -0.2) is 0 Å². The van der Waals surface area contributed by atoms with Crippen LogP contribution in [0.5, 0.6) is 0 Å². The topological polar surface area (TPSA) is 41.1 Å². The van der Waals surface area contributed by atoms with Gasteiger partial charge in [0.1, 0.15) is 0 Å². The lowest BCUT2D eigenvalue weighted by atomic mass is 10.1. The summed E-state index contributed by atoms with van der Waals surface area (Å²) in [5.74, 6) is -0.0374. The fourth-order valence-corrected chi connectivity index (χ4v) is 2.87. The van der Waals surface area contributed by atoms with E-state index in [2.05, 4.69) is 47.0 Å². The molecule has 0 heterocycles. The van der Waals surface area contributed by atoms with E-state index in [0.717, 1.165) is 25.1 Å². The van der Waals surface area contributed by atoms with Crippen LogP contribution in [0.3, 0.4) is 0 Å². The van der Waals surface area contributed by atoms with Crippen LogP contribution in [0.2, 0.25) is 0 Å². The molecule has 0 aromatic heterocycles. The first-order valence-electron chi connectivity index (χ1n) is 7.37. The summed E-state index contributed by atoms with van der Waals surface area (Å²) in [5.41, 5.74) is 5.02. The molecule has 0 fully saturated rings. The van der Waals surface area contributed by atoms with Crippen LogP contribution < -0.4 is 10.6 Å². The minimum Gasteiger partial charge on any atom is -0.326 e. The van der Waals surface area contributed by atoms with Crippen molar-refractivity contribution >= 4 is 11.6 Å². The van der Waals surface area contributed by atoms with Gasteiger partial charge >= 0.3 is 0 Å². The quantitative estimate of drug-likeness (QED) is 0.904. The van der Waals surface area contributed by atoms with Gasteiger partial charge in [0, 0.05) is 25.2 Å². The number of carbonyl (C=O) groups is 1. The third kappa shape index (κ3) is 3.50. The van der Waals surface area contributed by atoms with Crippen LogP contribution in [0.15, 0.2) is 48.5 Å². The van der Waals surface area contributed by atoms with Crippen molar-refractivity contribution in [2.75, 3.05) is 5.32 Å². The van der Waals surface area contributed by atoms with Gasteiger partial charge < -0.3 is 10.6 Å². The van der Waals surface area contributed by atoms with Gasteiger partial charge in [-0.15, -0.1) is 0 Å². The molecule has 0 radical (unpaired) electrons. The Kier molecular flexibility index (Phi) is 4.02. The number of hydrogen-bond acceptors (Lipinski definition) is 2. The number of carbonyl (C=O) groups excluding carboxylic acids is 1. The summed E-state index contributed by atoms with van der Waals surface area (Å²) < 4.78 is 0. The summed E-state index contributed by atoms with van der Waals surface area (Å²) >= 11 is 0. The fraction of sp³-hybridized carbons (Fsp3) is 0.278. The predicted octanol–water partition coefficient (Wildman–Crippen LogP) is 2.90. The van der Waals surface area contributed by atoms with E-state index in [9.17, 15) is 4.79 Å². The first kappa shape index (κ1) is 13.8. The molecular weight excluding hydrogens is 260 g/mol. The molecule has 2 N–H and O–H groups in total. The molecule has 3 nitrogen and oxygen atoms in total. The Hall–Kier alpha value is -2.13. The Morgan fingerprint density at radius 3 is 2.24 bits per heavy atom. The lowest BCUT2D eigenvalue weighted by molar-refractivity contribution is -0.114. The zero-order valence-electron chi connectivity index (χ0n) is 12.2. The maximum Gasteiger partial charge on any atom is 0.221 e. The highest BCUT2D eigenvalue weighted by Crippen LogP contribution is 2.22. The van der Waals surface area contributed by atoms with E-state index in [-0.39, 0.29) is 5.91 Å². The lowest BCUT2D eigenvalue weighted by Crippen LogP contribution is -2.28. The zero-order chi connectivity index (χ0) is 14.7. The molecule has 108 valence electrons. The largest absolute Gasteiger partial charge is 0.326 e. The smallest absolute Gasteiger partial charge is 0.221 e.